The van der Waals surface area contributed by atoms with Crippen LogP contribution >= 0.6 is 34.8 Å². The van der Waals surface area contributed by atoms with Gasteiger partial charge in [0.25, 0.3) is 5.91 Å². The summed E-state index contributed by atoms with van der Waals surface area (Å²) in [5.41, 5.74) is 1.82. The van der Waals surface area contributed by atoms with Gasteiger partial charge in [-0.3, -0.25) is 4.79 Å². The monoisotopic (exact) mass is 449 g/mol. The van der Waals surface area contributed by atoms with E-state index in [9.17, 15) is 4.79 Å². The molecular weight excluding hydrogens is 433 g/mol. The molecule has 0 aliphatic heterocycles. The lowest BCUT2D eigenvalue weighted by Crippen LogP contribution is -2.12. The minimum absolute atomic E-state index is 0.289. The molecule has 29 heavy (non-hydrogen) atoms. The first-order chi connectivity index (χ1) is 14.0. The highest BCUT2D eigenvalue weighted by Gasteiger charge is 2.17. The van der Waals surface area contributed by atoms with Crippen molar-refractivity contribution in [3.05, 3.63) is 86.9 Å². The zero-order valence-corrected chi connectivity index (χ0v) is 17.8. The largest absolute Gasteiger partial charge is 0.488 e. The Morgan fingerprint density at radius 3 is 2.34 bits per heavy atom. The Hall–Kier alpha value is -2.40. The van der Waals surface area contributed by atoms with Crippen molar-refractivity contribution in [3.8, 4) is 11.5 Å². The van der Waals surface area contributed by atoms with Crippen LogP contribution in [0.3, 0.4) is 0 Å². The molecule has 7 heteroatoms. The third-order valence-corrected chi connectivity index (χ3v) is 4.99. The Morgan fingerprint density at radius 2 is 1.66 bits per heavy atom. The smallest absolute Gasteiger partial charge is 0.255 e. The first kappa shape index (κ1) is 21.3. The Morgan fingerprint density at radius 1 is 0.897 bits per heavy atom. The van der Waals surface area contributed by atoms with Gasteiger partial charge in [-0.25, -0.2) is 0 Å². The van der Waals surface area contributed by atoms with Crippen LogP contribution in [0.15, 0.2) is 60.7 Å². The lowest BCUT2D eigenvalue weighted by Gasteiger charge is -2.15. The number of nitrogens with one attached hydrogen (secondary N) is 1. The van der Waals surface area contributed by atoms with E-state index >= 15 is 0 Å². The van der Waals surface area contributed by atoms with E-state index in [2.05, 4.69) is 5.32 Å². The number of anilines is 1. The molecule has 3 aromatic carbocycles. The maximum Gasteiger partial charge on any atom is 0.255 e. The predicted octanol–water partition coefficient (Wildman–Crippen LogP) is 6.88. The molecule has 0 unspecified atom stereocenters. The highest BCUT2D eigenvalue weighted by Crippen LogP contribution is 2.37. The summed E-state index contributed by atoms with van der Waals surface area (Å²) in [6.45, 7) is 2.58. The molecule has 0 bridgehead atoms. The molecule has 4 nitrogen and oxygen atoms in total. The van der Waals surface area contributed by atoms with E-state index in [0.717, 1.165) is 5.56 Å². The van der Waals surface area contributed by atoms with E-state index in [1.807, 2.05) is 37.3 Å². The maximum absolute atomic E-state index is 12.7. The highest BCUT2D eigenvalue weighted by molar-refractivity contribution is 6.42. The van der Waals surface area contributed by atoms with Crippen LogP contribution in [-0.4, -0.2) is 12.5 Å². The van der Waals surface area contributed by atoms with Crippen molar-refractivity contribution in [1.82, 2.24) is 0 Å². The lowest BCUT2D eigenvalue weighted by molar-refractivity contribution is 0.102. The SMILES string of the molecule is CCOc1c(Cl)cc(C(=O)Nc2ccc(Cl)c(Cl)c2)cc1OCc1ccccc1. The molecule has 0 aromatic heterocycles. The number of hydrogen-bond acceptors (Lipinski definition) is 3. The minimum atomic E-state index is -0.363. The fourth-order valence-corrected chi connectivity index (χ4v) is 3.17. The van der Waals surface area contributed by atoms with Crippen LogP contribution in [0.25, 0.3) is 0 Å². The molecule has 0 fully saturated rings. The Balaban J connectivity index is 1.85. The standard InChI is InChI=1S/C22H18Cl3NO3/c1-2-28-21-19(25)10-15(11-20(21)29-13-14-6-4-3-5-7-14)22(27)26-16-8-9-17(23)18(24)12-16/h3-12H,2,13H2,1H3,(H,26,27). The van der Waals surface area contributed by atoms with Gasteiger partial charge >= 0.3 is 0 Å². The van der Waals surface area contributed by atoms with Gasteiger partial charge in [0.15, 0.2) is 11.5 Å². The summed E-state index contributed by atoms with van der Waals surface area (Å²) in [5.74, 6) is 0.427. The van der Waals surface area contributed by atoms with E-state index < -0.39 is 0 Å². The number of benzene rings is 3. The molecule has 0 atom stereocenters. The normalized spacial score (nSPS) is 10.5. The van der Waals surface area contributed by atoms with Crippen LogP contribution in [0, 0.1) is 0 Å². The van der Waals surface area contributed by atoms with Crippen molar-refractivity contribution in [2.45, 2.75) is 13.5 Å². The quantitative estimate of drug-likeness (QED) is 0.427. The Kier molecular flexibility index (Phi) is 7.26. The van der Waals surface area contributed by atoms with Crippen molar-refractivity contribution in [2.24, 2.45) is 0 Å². The second-order valence-electron chi connectivity index (χ2n) is 6.08. The van der Waals surface area contributed by atoms with Gasteiger partial charge in [0.1, 0.15) is 6.61 Å². The first-order valence-electron chi connectivity index (χ1n) is 8.87. The maximum atomic E-state index is 12.7. The molecule has 0 heterocycles. The van der Waals surface area contributed by atoms with Crippen LogP contribution in [-0.2, 0) is 6.61 Å². The summed E-state index contributed by atoms with van der Waals surface area (Å²) in [7, 11) is 0. The third-order valence-electron chi connectivity index (χ3n) is 3.98. The summed E-state index contributed by atoms with van der Waals surface area (Å²) in [6, 6.07) is 17.7. The van der Waals surface area contributed by atoms with Gasteiger partial charge in [-0.2, -0.15) is 0 Å². The summed E-state index contributed by atoms with van der Waals surface area (Å²) in [4.78, 5) is 12.7. The van der Waals surface area contributed by atoms with Gasteiger partial charge in [0, 0.05) is 11.3 Å². The third kappa shape index (κ3) is 5.57. The number of halogens is 3. The molecule has 0 saturated heterocycles. The van der Waals surface area contributed by atoms with E-state index in [-0.39, 0.29) is 10.9 Å². The first-order valence-corrected chi connectivity index (χ1v) is 10.0. The van der Waals surface area contributed by atoms with Gasteiger partial charge in [-0.05, 0) is 42.8 Å². The van der Waals surface area contributed by atoms with Crippen molar-refractivity contribution in [2.75, 3.05) is 11.9 Å². The molecule has 0 radical (unpaired) electrons. The van der Waals surface area contributed by atoms with E-state index in [0.29, 0.717) is 46.0 Å². The van der Waals surface area contributed by atoms with Gasteiger partial charge < -0.3 is 14.8 Å². The average Bonchev–Trinajstić information content (AvgIpc) is 2.71. The Bertz CT molecular complexity index is 1010. The summed E-state index contributed by atoms with van der Waals surface area (Å²) in [5, 5.41) is 3.81. The van der Waals surface area contributed by atoms with Crippen LogP contribution < -0.4 is 14.8 Å². The van der Waals surface area contributed by atoms with Gasteiger partial charge in [0.2, 0.25) is 0 Å². The van der Waals surface area contributed by atoms with Crippen molar-refractivity contribution in [1.29, 1.82) is 0 Å². The molecule has 3 aromatic rings. The molecule has 0 saturated carbocycles. The van der Waals surface area contributed by atoms with Crippen molar-refractivity contribution >= 4 is 46.4 Å². The number of ether oxygens (including phenoxy) is 2. The number of amides is 1. The van der Waals surface area contributed by atoms with E-state index in [4.69, 9.17) is 44.3 Å². The Labute approximate surface area is 184 Å². The van der Waals surface area contributed by atoms with Crippen molar-refractivity contribution in [3.63, 3.8) is 0 Å². The highest BCUT2D eigenvalue weighted by atomic mass is 35.5. The number of carbonyl (C=O) groups excluding carboxylic acids is 1. The summed E-state index contributed by atoms with van der Waals surface area (Å²) < 4.78 is 11.5. The molecule has 0 spiro atoms. The van der Waals surface area contributed by atoms with Gasteiger partial charge in [-0.15, -0.1) is 0 Å². The summed E-state index contributed by atoms with van der Waals surface area (Å²) in [6.07, 6.45) is 0. The number of rotatable bonds is 7. The summed E-state index contributed by atoms with van der Waals surface area (Å²) >= 11 is 18.3. The van der Waals surface area contributed by atoms with Crippen LogP contribution in [0.5, 0.6) is 11.5 Å². The lowest BCUT2D eigenvalue weighted by atomic mass is 10.1. The molecular formula is C22H18Cl3NO3. The second kappa shape index (κ2) is 9.88. The number of hydrogen-bond donors (Lipinski definition) is 1. The molecule has 150 valence electrons. The fourth-order valence-electron chi connectivity index (χ4n) is 2.60. The zero-order chi connectivity index (χ0) is 20.8. The van der Waals surface area contributed by atoms with Crippen molar-refractivity contribution < 1.29 is 14.3 Å². The zero-order valence-electron chi connectivity index (χ0n) is 15.5. The van der Waals surface area contributed by atoms with Gasteiger partial charge in [0.05, 0.1) is 21.7 Å². The molecule has 0 aliphatic rings. The molecule has 3 rings (SSSR count). The second-order valence-corrected chi connectivity index (χ2v) is 7.30. The average molecular weight is 451 g/mol. The molecule has 0 aliphatic carbocycles. The topological polar surface area (TPSA) is 47.6 Å². The van der Waals surface area contributed by atoms with E-state index in [1.165, 1.54) is 6.07 Å². The minimum Gasteiger partial charge on any atom is -0.488 e. The van der Waals surface area contributed by atoms with Gasteiger partial charge in [-0.1, -0.05) is 65.1 Å². The van der Waals surface area contributed by atoms with Crippen LogP contribution in [0.2, 0.25) is 15.1 Å². The number of carbonyl (C=O) groups is 1. The molecule has 1 N–H and O–H groups in total. The van der Waals surface area contributed by atoms with Crippen LogP contribution in [0.4, 0.5) is 5.69 Å². The van der Waals surface area contributed by atoms with E-state index in [1.54, 1.807) is 24.3 Å². The van der Waals surface area contributed by atoms with Crippen LogP contribution in [0.1, 0.15) is 22.8 Å². The molecule has 1 amide bonds. The fraction of sp³-hybridized carbons (Fsp3) is 0.136. The predicted molar refractivity (Wildman–Crippen MR) is 118 cm³/mol.